The molecular formula is C10H20ClNO. The molecule has 1 amide bonds. The smallest absolute Gasteiger partial charge is 0.220 e. The van der Waals surface area contributed by atoms with Crippen molar-refractivity contribution in [3.63, 3.8) is 0 Å². The van der Waals surface area contributed by atoms with E-state index in [9.17, 15) is 4.79 Å². The highest BCUT2D eigenvalue weighted by Crippen LogP contribution is 2.04. The van der Waals surface area contributed by atoms with Gasteiger partial charge in [-0.25, -0.2) is 0 Å². The van der Waals surface area contributed by atoms with E-state index < -0.39 is 0 Å². The molecule has 78 valence electrons. The number of halogens is 1. The molecule has 0 heterocycles. The van der Waals surface area contributed by atoms with Gasteiger partial charge in [0.1, 0.15) is 0 Å². The van der Waals surface area contributed by atoms with Gasteiger partial charge in [-0.2, -0.15) is 0 Å². The first-order chi connectivity index (χ1) is 6.06. The lowest BCUT2D eigenvalue weighted by molar-refractivity contribution is -0.121. The van der Waals surface area contributed by atoms with Crippen LogP contribution in [0.5, 0.6) is 0 Å². The van der Waals surface area contributed by atoms with Crippen LogP contribution < -0.4 is 5.32 Å². The van der Waals surface area contributed by atoms with Gasteiger partial charge in [-0.05, 0) is 26.7 Å². The SMILES string of the molecule is CCCCC(=O)NC(C)CC(C)Cl. The lowest BCUT2D eigenvalue weighted by Crippen LogP contribution is -2.33. The standard InChI is InChI=1S/C10H20ClNO/c1-4-5-6-10(13)12-9(3)7-8(2)11/h8-9H,4-7H2,1-3H3,(H,12,13). The Morgan fingerprint density at radius 3 is 2.54 bits per heavy atom. The van der Waals surface area contributed by atoms with Crippen molar-refractivity contribution in [1.29, 1.82) is 0 Å². The Kier molecular flexibility index (Phi) is 7.06. The van der Waals surface area contributed by atoms with Crippen LogP contribution in [-0.2, 0) is 4.79 Å². The molecule has 0 spiro atoms. The zero-order valence-corrected chi connectivity index (χ0v) is 9.53. The van der Waals surface area contributed by atoms with Crippen molar-refractivity contribution in [3.8, 4) is 0 Å². The summed E-state index contributed by atoms with van der Waals surface area (Å²) in [6.07, 6.45) is 3.50. The third kappa shape index (κ3) is 8.10. The average molecular weight is 206 g/mol. The van der Waals surface area contributed by atoms with Gasteiger partial charge in [0.15, 0.2) is 0 Å². The maximum Gasteiger partial charge on any atom is 0.220 e. The molecule has 0 fully saturated rings. The van der Waals surface area contributed by atoms with E-state index in [2.05, 4.69) is 12.2 Å². The summed E-state index contributed by atoms with van der Waals surface area (Å²) in [5.74, 6) is 0.145. The van der Waals surface area contributed by atoms with Crippen LogP contribution in [0.3, 0.4) is 0 Å². The van der Waals surface area contributed by atoms with E-state index in [-0.39, 0.29) is 17.3 Å². The highest BCUT2D eigenvalue weighted by Gasteiger charge is 2.08. The van der Waals surface area contributed by atoms with Crippen molar-refractivity contribution in [2.45, 2.75) is 57.9 Å². The largest absolute Gasteiger partial charge is 0.354 e. The summed E-state index contributed by atoms with van der Waals surface area (Å²) in [5.41, 5.74) is 0. The van der Waals surface area contributed by atoms with E-state index in [1.165, 1.54) is 0 Å². The number of amides is 1. The lowest BCUT2D eigenvalue weighted by Gasteiger charge is -2.14. The van der Waals surface area contributed by atoms with Gasteiger partial charge in [-0.15, -0.1) is 11.6 Å². The van der Waals surface area contributed by atoms with Gasteiger partial charge in [0.05, 0.1) is 0 Å². The number of hydrogen-bond acceptors (Lipinski definition) is 1. The summed E-state index contributed by atoms with van der Waals surface area (Å²) < 4.78 is 0. The highest BCUT2D eigenvalue weighted by atomic mass is 35.5. The van der Waals surface area contributed by atoms with Crippen LogP contribution in [0, 0.1) is 0 Å². The summed E-state index contributed by atoms with van der Waals surface area (Å²) in [5, 5.41) is 3.05. The van der Waals surface area contributed by atoms with Crippen LogP contribution in [-0.4, -0.2) is 17.3 Å². The van der Waals surface area contributed by atoms with E-state index in [0.29, 0.717) is 6.42 Å². The molecule has 0 aromatic rings. The predicted molar refractivity (Wildman–Crippen MR) is 57.1 cm³/mol. The van der Waals surface area contributed by atoms with Crippen LogP contribution in [0.4, 0.5) is 0 Å². The van der Waals surface area contributed by atoms with Gasteiger partial charge in [-0.3, -0.25) is 4.79 Å². The van der Waals surface area contributed by atoms with Crippen molar-refractivity contribution in [2.75, 3.05) is 0 Å². The highest BCUT2D eigenvalue weighted by molar-refractivity contribution is 6.20. The summed E-state index contributed by atoms with van der Waals surface area (Å²) in [7, 11) is 0. The van der Waals surface area contributed by atoms with Gasteiger partial charge >= 0.3 is 0 Å². The molecule has 0 aromatic carbocycles. The first-order valence-electron chi connectivity index (χ1n) is 4.99. The zero-order valence-electron chi connectivity index (χ0n) is 8.77. The molecule has 0 aromatic heterocycles. The zero-order chi connectivity index (χ0) is 10.3. The molecule has 13 heavy (non-hydrogen) atoms. The van der Waals surface area contributed by atoms with E-state index >= 15 is 0 Å². The topological polar surface area (TPSA) is 29.1 Å². The third-order valence-corrected chi connectivity index (χ3v) is 2.02. The Morgan fingerprint density at radius 1 is 1.46 bits per heavy atom. The lowest BCUT2D eigenvalue weighted by atomic mass is 10.2. The number of rotatable bonds is 6. The van der Waals surface area contributed by atoms with Crippen molar-refractivity contribution in [3.05, 3.63) is 0 Å². The molecule has 2 unspecified atom stereocenters. The summed E-state index contributed by atoms with van der Waals surface area (Å²) in [6, 6.07) is 0.192. The molecule has 0 aliphatic heterocycles. The molecule has 0 aliphatic rings. The van der Waals surface area contributed by atoms with Crippen LogP contribution in [0.1, 0.15) is 46.5 Å². The van der Waals surface area contributed by atoms with Crippen molar-refractivity contribution in [1.82, 2.24) is 5.32 Å². The molecule has 0 rings (SSSR count). The van der Waals surface area contributed by atoms with E-state index in [0.717, 1.165) is 19.3 Å². The quantitative estimate of drug-likeness (QED) is 0.664. The maximum absolute atomic E-state index is 11.2. The molecular weight excluding hydrogens is 186 g/mol. The van der Waals surface area contributed by atoms with Crippen molar-refractivity contribution >= 4 is 17.5 Å². The van der Waals surface area contributed by atoms with Gasteiger partial charge < -0.3 is 5.32 Å². The molecule has 2 nitrogen and oxygen atoms in total. The second-order valence-corrected chi connectivity index (χ2v) is 4.33. The second kappa shape index (κ2) is 7.19. The maximum atomic E-state index is 11.2. The van der Waals surface area contributed by atoms with Crippen LogP contribution in [0.25, 0.3) is 0 Å². The summed E-state index contributed by atoms with van der Waals surface area (Å²) in [4.78, 5) is 11.2. The fraction of sp³-hybridized carbons (Fsp3) is 0.900. The first-order valence-corrected chi connectivity index (χ1v) is 5.43. The minimum absolute atomic E-state index is 0.126. The third-order valence-electron chi connectivity index (χ3n) is 1.84. The molecule has 0 radical (unpaired) electrons. The van der Waals surface area contributed by atoms with Crippen molar-refractivity contribution < 1.29 is 4.79 Å². The van der Waals surface area contributed by atoms with Crippen LogP contribution in [0.2, 0.25) is 0 Å². The van der Waals surface area contributed by atoms with Crippen LogP contribution >= 0.6 is 11.6 Å². The molecule has 0 bridgehead atoms. The Bertz CT molecular complexity index is 148. The Hall–Kier alpha value is -0.240. The molecule has 0 aliphatic carbocycles. The Balaban J connectivity index is 3.53. The number of carbonyl (C=O) groups excluding carboxylic acids is 1. The van der Waals surface area contributed by atoms with E-state index in [1.54, 1.807) is 0 Å². The second-order valence-electron chi connectivity index (χ2n) is 3.59. The normalized spacial score (nSPS) is 15.1. The molecule has 0 saturated carbocycles. The molecule has 1 N–H and O–H groups in total. The van der Waals surface area contributed by atoms with Gasteiger partial charge in [0.25, 0.3) is 0 Å². The first kappa shape index (κ1) is 12.8. The molecule has 3 heteroatoms. The number of hydrogen-bond donors (Lipinski definition) is 1. The monoisotopic (exact) mass is 205 g/mol. The Labute approximate surface area is 86.0 Å². The predicted octanol–water partition coefficient (Wildman–Crippen LogP) is 2.70. The van der Waals surface area contributed by atoms with Crippen LogP contribution in [0.15, 0.2) is 0 Å². The minimum Gasteiger partial charge on any atom is -0.354 e. The Morgan fingerprint density at radius 2 is 2.08 bits per heavy atom. The minimum atomic E-state index is 0.126. The van der Waals surface area contributed by atoms with Crippen molar-refractivity contribution in [2.24, 2.45) is 0 Å². The fourth-order valence-corrected chi connectivity index (χ4v) is 1.50. The van der Waals surface area contributed by atoms with E-state index in [1.807, 2.05) is 13.8 Å². The number of unbranched alkanes of at least 4 members (excludes halogenated alkanes) is 1. The fourth-order valence-electron chi connectivity index (χ4n) is 1.23. The summed E-state index contributed by atoms with van der Waals surface area (Å²) >= 11 is 5.81. The van der Waals surface area contributed by atoms with Gasteiger partial charge in [-0.1, -0.05) is 13.3 Å². The van der Waals surface area contributed by atoms with Gasteiger partial charge in [0.2, 0.25) is 5.91 Å². The number of alkyl halides is 1. The average Bonchev–Trinajstić information content (AvgIpc) is 1.98. The molecule has 2 atom stereocenters. The van der Waals surface area contributed by atoms with E-state index in [4.69, 9.17) is 11.6 Å². The summed E-state index contributed by atoms with van der Waals surface area (Å²) in [6.45, 7) is 6.01. The molecule has 0 saturated heterocycles. The number of carbonyl (C=O) groups is 1. The van der Waals surface area contributed by atoms with Gasteiger partial charge in [0, 0.05) is 17.8 Å². The number of nitrogens with one attached hydrogen (secondary N) is 1.